The molecule has 1 unspecified atom stereocenters. The molecule has 1 rings (SSSR count). The van der Waals surface area contributed by atoms with Crippen molar-refractivity contribution in [2.45, 2.75) is 6.04 Å². The molecule has 1 aromatic rings. The third-order valence-corrected chi connectivity index (χ3v) is 1.61. The predicted octanol–water partition coefficient (Wildman–Crippen LogP) is 1.70. The van der Waals surface area contributed by atoms with Gasteiger partial charge in [0.25, 0.3) is 0 Å². The molecular weight excluding hydrogens is 225 g/mol. The van der Waals surface area contributed by atoms with Gasteiger partial charge in [0, 0.05) is 0 Å². The molecule has 0 amide bonds. The van der Waals surface area contributed by atoms with Gasteiger partial charge in [0.2, 0.25) is 0 Å². The minimum atomic E-state index is -0.670. The lowest BCUT2D eigenvalue weighted by Gasteiger charge is -2.08. The molecule has 0 bridgehead atoms. The Kier molecular flexibility index (Phi) is 8.54. The van der Waals surface area contributed by atoms with Crippen LogP contribution in [0.2, 0.25) is 0 Å². The number of benzene rings is 1. The fourth-order valence-corrected chi connectivity index (χ4v) is 0.923. The third kappa shape index (κ3) is 3.96. The van der Waals surface area contributed by atoms with Gasteiger partial charge in [-0.1, -0.05) is 30.3 Å². The summed E-state index contributed by atoms with van der Waals surface area (Å²) in [5, 5.41) is 0. The predicted molar refractivity (Wildman–Crippen MR) is 59.9 cm³/mol. The second kappa shape index (κ2) is 7.62. The summed E-state index contributed by atoms with van der Waals surface area (Å²) in [6.45, 7) is 0. The van der Waals surface area contributed by atoms with Crippen molar-refractivity contribution in [3.05, 3.63) is 35.9 Å². The molecule has 0 aliphatic heterocycles. The molecular formula is C9H13Cl2NO2. The molecule has 0 spiro atoms. The number of hydrogen-bond donors (Lipinski definition) is 1. The monoisotopic (exact) mass is 237 g/mol. The quantitative estimate of drug-likeness (QED) is 0.798. The fraction of sp³-hybridized carbons (Fsp3) is 0.222. The molecule has 2 N–H and O–H groups in total. The topological polar surface area (TPSA) is 52.3 Å². The summed E-state index contributed by atoms with van der Waals surface area (Å²) in [4.78, 5) is 11.0. The number of ether oxygens (including phenoxy) is 1. The maximum atomic E-state index is 11.0. The number of halogens is 2. The zero-order chi connectivity index (χ0) is 8.97. The zero-order valence-electron chi connectivity index (χ0n) is 7.67. The SMILES string of the molecule is COC(=O)C(N)c1ccccc1.Cl.Cl. The van der Waals surface area contributed by atoms with E-state index < -0.39 is 12.0 Å². The molecule has 5 heteroatoms. The van der Waals surface area contributed by atoms with E-state index in [0.717, 1.165) is 5.56 Å². The average molecular weight is 238 g/mol. The van der Waals surface area contributed by atoms with E-state index in [0.29, 0.717) is 0 Å². The van der Waals surface area contributed by atoms with Gasteiger partial charge in [0.05, 0.1) is 7.11 Å². The van der Waals surface area contributed by atoms with E-state index in [1.54, 1.807) is 12.1 Å². The van der Waals surface area contributed by atoms with Crippen LogP contribution in [0.1, 0.15) is 11.6 Å². The highest BCUT2D eigenvalue weighted by atomic mass is 35.5. The summed E-state index contributed by atoms with van der Waals surface area (Å²) in [6, 6.07) is 8.45. The van der Waals surface area contributed by atoms with Crippen molar-refractivity contribution in [2.75, 3.05) is 7.11 Å². The lowest BCUT2D eigenvalue weighted by molar-refractivity contribution is -0.142. The molecule has 0 heterocycles. The van der Waals surface area contributed by atoms with E-state index in [1.807, 2.05) is 18.2 Å². The van der Waals surface area contributed by atoms with Gasteiger partial charge in [-0.2, -0.15) is 0 Å². The Morgan fingerprint density at radius 2 is 1.79 bits per heavy atom. The Labute approximate surface area is 95.4 Å². The normalized spacial score (nSPS) is 10.4. The second-order valence-corrected chi connectivity index (χ2v) is 2.41. The number of rotatable bonds is 2. The highest BCUT2D eigenvalue weighted by Gasteiger charge is 2.14. The minimum absolute atomic E-state index is 0. The number of nitrogens with two attached hydrogens (primary N) is 1. The second-order valence-electron chi connectivity index (χ2n) is 2.41. The van der Waals surface area contributed by atoms with Crippen LogP contribution in [-0.4, -0.2) is 13.1 Å². The Balaban J connectivity index is 0. The Morgan fingerprint density at radius 3 is 2.21 bits per heavy atom. The van der Waals surface area contributed by atoms with Crippen LogP contribution >= 0.6 is 24.8 Å². The number of hydrogen-bond acceptors (Lipinski definition) is 3. The van der Waals surface area contributed by atoms with Gasteiger partial charge in [0.15, 0.2) is 0 Å². The molecule has 0 fully saturated rings. The molecule has 14 heavy (non-hydrogen) atoms. The van der Waals surface area contributed by atoms with Gasteiger partial charge in [-0.3, -0.25) is 4.79 Å². The first-order valence-electron chi connectivity index (χ1n) is 3.64. The third-order valence-electron chi connectivity index (χ3n) is 1.61. The van der Waals surface area contributed by atoms with E-state index >= 15 is 0 Å². The molecule has 0 aliphatic rings. The van der Waals surface area contributed by atoms with Crippen LogP contribution in [0.15, 0.2) is 30.3 Å². The van der Waals surface area contributed by atoms with Gasteiger partial charge in [-0.25, -0.2) is 0 Å². The van der Waals surface area contributed by atoms with Crippen molar-refractivity contribution < 1.29 is 9.53 Å². The minimum Gasteiger partial charge on any atom is -0.468 e. The van der Waals surface area contributed by atoms with E-state index in [4.69, 9.17) is 5.73 Å². The van der Waals surface area contributed by atoms with Gasteiger partial charge in [-0.15, -0.1) is 24.8 Å². The van der Waals surface area contributed by atoms with Gasteiger partial charge >= 0.3 is 5.97 Å². The van der Waals surface area contributed by atoms with Gasteiger partial charge in [-0.05, 0) is 5.56 Å². The van der Waals surface area contributed by atoms with Crippen LogP contribution in [0.3, 0.4) is 0 Å². The van der Waals surface area contributed by atoms with Crippen molar-refractivity contribution in [2.24, 2.45) is 5.73 Å². The van der Waals surface area contributed by atoms with E-state index in [9.17, 15) is 4.79 Å². The lowest BCUT2D eigenvalue weighted by atomic mass is 10.1. The number of methoxy groups -OCH3 is 1. The highest BCUT2D eigenvalue weighted by Crippen LogP contribution is 2.09. The maximum Gasteiger partial charge on any atom is 0.327 e. The summed E-state index contributed by atoms with van der Waals surface area (Å²) in [6.07, 6.45) is 0. The van der Waals surface area contributed by atoms with Gasteiger partial charge < -0.3 is 10.5 Å². The molecule has 0 saturated carbocycles. The summed E-state index contributed by atoms with van der Waals surface area (Å²) < 4.78 is 4.50. The van der Waals surface area contributed by atoms with Crippen LogP contribution in [0.25, 0.3) is 0 Å². The van der Waals surface area contributed by atoms with Crippen molar-refractivity contribution in [3.8, 4) is 0 Å². The first-order valence-corrected chi connectivity index (χ1v) is 3.64. The molecule has 3 nitrogen and oxygen atoms in total. The standard InChI is InChI=1S/C9H11NO2.2ClH/c1-12-9(11)8(10)7-5-3-2-4-6-7;;/h2-6,8H,10H2,1H3;2*1H. The van der Waals surface area contributed by atoms with Crippen molar-refractivity contribution in [1.29, 1.82) is 0 Å². The van der Waals surface area contributed by atoms with E-state index in [2.05, 4.69) is 4.74 Å². The van der Waals surface area contributed by atoms with E-state index in [1.165, 1.54) is 7.11 Å². The largest absolute Gasteiger partial charge is 0.468 e. The lowest BCUT2D eigenvalue weighted by Crippen LogP contribution is -2.22. The Morgan fingerprint density at radius 1 is 1.29 bits per heavy atom. The first-order chi connectivity index (χ1) is 5.75. The average Bonchev–Trinajstić information content (AvgIpc) is 2.17. The van der Waals surface area contributed by atoms with Crippen LogP contribution < -0.4 is 5.73 Å². The van der Waals surface area contributed by atoms with Crippen LogP contribution in [0.5, 0.6) is 0 Å². The summed E-state index contributed by atoms with van der Waals surface area (Å²) in [5.41, 5.74) is 6.34. The van der Waals surface area contributed by atoms with Crippen LogP contribution in [-0.2, 0) is 9.53 Å². The molecule has 0 radical (unpaired) electrons. The molecule has 80 valence electrons. The van der Waals surface area contributed by atoms with Crippen molar-refractivity contribution >= 4 is 30.8 Å². The summed E-state index contributed by atoms with van der Waals surface area (Å²) >= 11 is 0. The fourth-order valence-electron chi connectivity index (χ4n) is 0.923. The number of carbonyl (C=O) groups is 1. The van der Waals surface area contributed by atoms with Crippen molar-refractivity contribution in [1.82, 2.24) is 0 Å². The van der Waals surface area contributed by atoms with Crippen LogP contribution in [0.4, 0.5) is 0 Å². The number of esters is 1. The number of carbonyl (C=O) groups excluding carboxylic acids is 1. The first kappa shape index (κ1) is 15.7. The zero-order valence-corrected chi connectivity index (χ0v) is 9.31. The maximum absolute atomic E-state index is 11.0. The molecule has 0 aliphatic carbocycles. The van der Waals surface area contributed by atoms with Crippen LogP contribution in [0, 0.1) is 0 Å². The smallest absolute Gasteiger partial charge is 0.327 e. The van der Waals surface area contributed by atoms with E-state index in [-0.39, 0.29) is 24.8 Å². The Hall–Kier alpha value is -0.770. The van der Waals surface area contributed by atoms with Gasteiger partial charge in [0.1, 0.15) is 6.04 Å². The highest BCUT2D eigenvalue weighted by molar-refractivity contribution is 5.85. The molecule has 0 saturated heterocycles. The summed E-state index contributed by atoms with van der Waals surface area (Å²) in [5.74, 6) is -0.416. The molecule has 0 aromatic heterocycles. The summed E-state index contributed by atoms with van der Waals surface area (Å²) in [7, 11) is 1.32. The molecule has 1 aromatic carbocycles. The van der Waals surface area contributed by atoms with Crippen molar-refractivity contribution in [3.63, 3.8) is 0 Å². The Bertz CT molecular complexity index is 267. The molecule has 1 atom stereocenters.